The van der Waals surface area contributed by atoms with Crippen molar-refractivity contribution in [3.63, 3.8) is 0 Å². The molecule has 1 amide bonds. The van der Waals surface area contributed by atoms with E-state index in [1.165, 1.54) is 17.7 Å². The number of nitrogens with zero attached hydrogens (tertiary/aromatic N) is 2. The predicted molar refractivity (Wildman–Crippen MR) is 108 cm³/mol. The molecule has 0 unspecified atom stereocenters. The van der Waals surface area contributed by atoms with Crippen molar-refractivity contribution in [2.45, 2.75) is 27.2 Å². The molecule has 1 aromatic carbocycles. The smallest absolute Gasteiger partial charge is 0.338 e. The van der Waals surface area contributed by atoms with Crippen LogP contribution in [0.5, 0.6) is 5.88 Å². The van der Waals surface area contributed by atoms with Crippen LogP contribution in [0.4, 0.5) is 5.69 Å². The lowest BCUT2D eigenvalue weighted by Gasteiger charge is -2.07. The Labute approximate surface area is 166 Å². The molecule has 8 heteroatoms. The summed E-state index contributed by atoms with van der Waals surface area (Å²) in [7, 11) is 0. The van der Waals surface area contributed by atoms with Gasteiger partial charge >= 0.3 is 5.97 Å². The molecule has 0 saturated heterocycles. The predicted octanol–water partition coefficient (Wildman–Crippen LogP) is 4.22. The molecule has 1 N–H and O–H groups in total. The van der Waals surface area contributed by atoms with Crippen LogP contribution in [0.2, 0.25) is 0 Å². The van der Waals surface area contributed by atoms with Crippen LogP contribution in [0.3, 0.4) is 0 Å². The number of esters is 1. The van der Waals surface area contributed by atoms with Gasteiger partial charge in [0.15, 0.2) is 0 Å². The van der Waals surface area contributed by atoms with E-state index in [1.54, 1.807) is 24.3 Å². The lowest BCUT2D eigenvalue weighted by atomic mass is 10.2. The SMILES string of the molecule is CCCOC(=O)c1ccc(NC(=O)c2sc3ncnc(OCC)c3c2C)cc1. The van der Waals surface area contributed by atoms with Crippen LogP contribution < -0.4 is 10.1 Å². The Bertz CT molecular complexity index is 999. The summed E-state index contributed by atoms with van der Waals surface area (Å²) in [5, 5.41) is 3.61. The molecular formula is C20H21N3O4S. The minimum absolute atomic E-state index is 0.246. The first-order chi connectivity index (χ1) is 13.5. The van der Waals surface area contributed by atoms with Crippen molar-refractivity contribution in [2.75, 3.05) is 18.5 Å². The minimum Gasteiger partial charge on any atom is -0.477 e. The van der Waals surface area contributed by atoms with Gasteiger partial charge in [0.2, 0.25) is 5.88 Å². The highest BCUT2D eigenvalue weighted by Crippen LogP contribution is 2.34. The molecule has 0 fully saturated rings. The number of anilines is 1. The highest BCUT2D eigenvalue weighted by Gasteiger charge is 2.20. The van der Waals surface area contributed by atoms with Gasteiger partial charge in [0.05, 0.1) is 29.0 Å². The molecule has 2 heterocycles. The molecule has 146 valence electrons. The highest BCUT2D eigenvalue weighted by molar-refractivity contribution is 7.20. The Morgan fingerprint density at radius 1 is 1.14 bits per heavy atom. The van der Waals surface area contributed by atoms with Crippen LogP contribution in [0.15, 0.2) is 30.6 Å². The fraction of sp³-hybridized carbons (Fsp3) is 0.300. The minimum atomic E-state index is -0.373. The van der Waals surface area contributed by atoms with Gasteiger partial charge in [-0.1, -0.05) is 6.92 Å². The monoisotopic (exact) mass is 399 g/mol. The Kier molecular flexibility index (Phi) is 6.20. The average Bonchev–Trinajstić information content (AvgIpc) is 3.04. The van der Waals surface area contributed by atoms with Gasteiger partial charge in [-0.15, -0.1) is 11.3 Å². The lowest BCUT2D eigenvalue weighted by molar-refractivity contribution is 0.0505. The summed E-state index contributed by atoms with van der Waals surface area (Å²) in [6, 6.07) is 6.61. The summed E-state index contributed by atoms with van der Waals surface area (Å²) in [4.78, 5) is 34.3. The summed E-state index contributed by atoms with van der Waals surface area (Å²) in [6.45, 7) is 6.54. The average molecular weight is 399 g/mol. The summed E-state index contributed by atoms with van der Waals surface area (Å²) in [6.07, 6.45) is 2.20. The first-order valence-electron chi connectivity index (χ1n) is 9.00. The van der Waals surface area contributed by atoms with E-state index >= 15 is 0 Å². The molecule has 2 aromatic heterocycles. The molecule has 28 heavy (non-hydrogen) atoms. The molecule has 3 aromatic rings. The number of fused-ring (bicyclic) bond motifs is 1. The van der Waals surface area contributed by atoms with Gasteiger partial charge < -0.3 is 14.8 Å². The van der Waals surface area contributed by atoms with Crippen molar-refractivity contribution in [3.05, 3.63) is 46.6 Å². The molecule has 0 aliphatic heterocycles. The first kappa shape index (κ1) is 19.8. The fourth-order valence-corrected chi connectivity index (χ4v) is 3.69. The number of hydrogen-bond acceptors (Lipinski definition) is 7. The van der Waals surface area contributed by atoms with Crippen LogP contribution in [0, 0.1) is 6.92 Å². The van der Waals surface area contributed by atoms with E-state index < -0.39 is 0 Å². The van der Waals surface area contributed by atoms with Gasteiger partial charge in [-0.2, -0.15) is 0 Å². The van der Waals surface area contributed by atoms with Crippen molar-refractivity contribution < 1.29 is 19.1 Å². The second kappa shape index (κ2) is 8.79. The van der Waals surface area contributed by atoms with Crippen molar-refractivity contribution in [2.24, 2.45) is 0 Å². The molecular weight excluding hydrogens is 378 g/mol. The molecule has 0 saturated carbocycles. The number of rotatable bonds is 7. The Balaban J connectivity index is 1.79. The number of amides is 1. The molecule has 0 atom stereocenters. The van der Waals surface area contributed by atoms with Gasteiger partial charge in [-0.05, 0) is 50.1 Å². The summed E-state index contributed by atoms with van der Waals surface area (Å²) >= 11 is 1.29. The van der Waals surface area contributed by atoms with Crippen molar-refractivity contribution in [1.82, 2.24) is 9.97 Å². The maximum absolute atomic E-state index is 12.8. The zero-order chi connectivity index (χ0) is 20.1. The number of aromatic nitrogens is 2. The molecule has 0 aliphatic rings. The van der Waals surface area contributed by atoms with Crippen LogP contribution >= 0.6 is 11.3 Å². The second-order valence-electron chi connectivity index (χ2n) is 6.02. The van der Waals surface area contributed by atoms with E-state index in [1.807, 2.05) is 20.8 Å². The van der Waals surface area contributed by atoms with Crippen LogP contribution in [0.1, 0.15) is 45.9 Å². The number of benzene rings is 1. The third-order valence-corrected chi connectivity index (χ3v) is 5.19. The van der Waals surface area contributed by atoms with Crippen LogP contribution in [-0.4, -0.2) is 35.1 Å². The quantitative estimate of drug-likeness (QED) is 0.598. The molecule has 0 aliphatic carbocycles. The number of ether oxygens (including phenoxy) is 2. The zero-order valence-electron chi connectivity index (χ0n) is 15.9. The number of aryl methyl sites for hydroxylation is 1. The van der Waals surface area contributed by atoms with Crippen molar-refractivity contribution >= 4 is 39.1 Å². The number of hydrogen-bond donors (Lipinski definition) is 1. The van der Waals surface area contributed by atoms with Crippen molar-refractivity contribution in [3.8, 4) is 5.88 Å². The topological polar surface area (TPSA) is 90.4 Å². The maximum Gasteiger partial charge on any atom is 0.338 e. The largest absolute Gasteiger partial charge is 0.477 e. The standard InChI is InChI=1S/C20H21N3O4S/c1-4-10-27-20(25)13-6-8-14(9-7-13)23-17(24)16-12(3)15-18(26-5-2)21-11-22-19(15)28-16/h6-9,11H,4-5,10H2,1-3H3,(H,23,24). The maximum atomic E-state index is 12.8. The normalized spacial score (nSPS) is 10.7. The number of thiophene rings is 1. The van der Waals surface area contributed by atoms with Gasteiger partial charge in [-0.3, -0.25) is 4.79 Å². The summed E-state index contributed by atoms with van der Waals surface area (Å²) in [5.41, 5.74) is 1.81. The van der Waals surface area contributed by atoms with E-state index in [0.29, 0.717) is 40.1 Å². The number of carbonyl (C=O) groups excluding carboxylic acids is 2. The molecule has 3 rings (SSSR count). The zero-order valence-corrected chi connectivity index (χ0v) is 16.8. The van der Waals surface area contributed by atoms with E-state index in [-0.39, 0.29) is 11.9 Å². The Morgan fingerprint density at radius 3 is 2.57 bits per heavy atom. The van der Waals surface area contributed by atoms with Gasteiger partial charge in [0.25, 0.3) is 5.91 Å². The van der Waals surface area contributed by atoms with E-state index in [2.05, 4.69) is 15.3 Å². The second-order valence-corrected chi connectivity index (χ2v) is 7.01. The van der Waals surface area contributed by atoms with E-state index in [0.717, 1.165) is 17.4 Å². The summed E-state index contributed by atoms with van der Waals surface area (Å²) in [5.74, 6) is -0.137. The van der Waals surface area contributed by atoms with Gasteiger partial charge in [-0.25, -0.2) is 14.8 Å². The van der Waals surface area contributed by atoms with E-state index in [4.69, 9.17) is 9.47 Å². The molecule has 7 nitrogen and oxygen atoms in total. The molecule has 0 bridgehead atoms. The third kappa shape index (κ3) is 4.12. The summed E-state index contributed by atoms with van der Waals surface area (Å²) < 4.78 is 10.7. The Hall–Kier alpha value is -3.00. The van der Waals surface area contributed by atoms with Gasteiger partial charge in [0, 0.05) is 5.69 Å². The highest BCUT2D eigenvalue weighted by atomic mass is 32.1. The van der Waals surface area contributed by atoms with Crippen LogP contribution in [-0.2, 0) is 4.74 Å². The van der Waals surface area contributed by atoms with E-state index in [9.17, 15) is 9.59 Å². The van der Waals surface area contributed by atoms with Crippen molar-refractivity contribution in [1.29, 1.82) is 0 Å². The molecule has 0 radical (unpaired) electrons. The fourth-order valence-electron chi connectivity index (χ4n) is 2.66. The first-order valence-corrected chi connectivity index (χ1v) is 9.82. The third-order valence-electron chi connectivity index (χ3n) is 4.00. The van der Waals surface area contributed by atoms with Crippen LogP contribution in [0.25, 0.3) is 10.2 Å². The molecule has 0 spiro atoms. The number of nitrogens with one attached hydrogen (secondary N) is 1. The lowest BCUT2D eigenvalue weighted by Crippen LogP contribution is -2.12. The Morgan fingerprint density at radius 2 is 1.89 bits per heavy atom. The van der Waals surface area contributed by atoms with Gasteiger partial charge in [0.1, 0.15) is 11.2 Å². The number of carbonyl (C=O) groups is 2.